The van der Waals surface area contributed by atoms with E-state index in [1.54, 1.807) is 25.2 Å². The lowest BCUT2D eigenvalue weighted by Crippen LogP contribution is -2.00. The fourth-order valence-corrected chi connectivity index (χ4v) is 1.23. The number of hydrogen-bond donors (Lipinski definition) is 0. The highest BCUT2D eigenvalue weighted by Gasteiger charge is 2.15. The predicted octanol–water partition coefficient (Wildman–Crippen LogP) is 2.92. The van der Waals surface area contributed by atoms with E-state index in [1.807, 2.05) is 0 Å². The Morgan fingerprint density at radius 1 is 1.50 bits per heavy atom. The van der Waals surface area contributed by atoms with Gasteiger partial charge in [0.05, 0.1) is 15.5 Å². The third-order valence-corrected chi connectivity index (χ3v) is 2.11. The molecule has 0 heterocycles. The van der Waals surface area contributed by atoms with E-state index in [-0.39, 0.29) is 16.3 Å². The highest BCUT2D eigenvalue weighted by molar-refractivity contribution is 6.31. The molecule has 0 saturated heterocycles. The lowest BCUT2D eigenvalue weighted by Gasteiger charge is -2.04. The van der Waals surface area contributed by atoms with Crippen LogP contribution < -0.4 is 0 Å². The molecule has 1 rings (SSSR count). The molecule has 0 radical (unpaired) electrons. The van der Waals surface area contributed by atoms with Gasteiger partial charge in [0, 0.05) is 20.2 Å². The molecule has 0 atom stereocenters. The van der Waals surface area contributed by atoms with E-state index in [0.29, 0.717) is 0 Å². The second kappa shape index (κ2) is 4.94. The van der Waals surface area contributed by atoms with E-state index in [4.69, 9.17) is 11.6 Å². The highest BCUT2D eigenvalue weighted by Crippen LogP contribution is 2.27. The van der Waals surface area contributed by atoms with Crippen LogP contribution in [-0.4, -0.2) is 23.9 Å². The van der Waals surface area contributed by atoms with Gasteiger partial charge in [0.2, 0.25) is 0 Å². The zero-order chi connectivity index (χ0) is 12.3. The molecule has 0 aromatic heterocycles. The highest BCUT2D eigenvalue weighted by atomic mass is 35.5. The smallest absolute Gasteiger partial charge is 0.278 e. The normalized spacial score (nSPS) is 10.8. The number of benzene rings is 1. The summed E-state index contributed by atoms with van der Waals surface area (Å²) in [5, 5.41) is 10.5. The lowest BCUT2D eigenvalue weighted by molar-refractivity contribution is -0.385. The van der Waals surface area contributed by atoms with Gasteiger partial charge in [-0.05, 0) is 18.3 Å². The molecule has 0 amide bonds. The van der Waals surface area contributed by atoms with Crippen molar-refractivity contribution < 1.29 is 9.31 Å². The minimum atomic E-state index is -0.675. The van der Waals surface area contributed by atoms with Gasteiger partial charge in [0.15, 0.2) is 0 Å². The summed E-state index contributed by atoms with van der Waals surface area (Å²) < 4.78 is 13.1. The Kier molecular flexibility index (Phi) is 3.84. The van der Waals surface area contributed by atoms with Crippen molar-refractivity contribution in [2.75, 3.05) is 14.1 Å². The lowest BCUT2D eigenvalue weighted by atomic mass is 10.1. The molecule has 6 heteroatoms. The van der Waals surface area contributed by atoms with Crippen molar-refractivity contribution in [3.8, 4) is 0 Å². The monoisotopic (exact) mass is 244 g/mol. The van der Waals surface area contributed by atoms with Gasteiger partial charge in [-0.15, -0.1) is 0 Å². The van der Waals surface area contributed by atoms with Gasteiger partial charge in [-0.1, -0.05) is 11.6 Å². The van der Waals surface area contributed by atoms with E-state index in [0.717, 1.165) is 12.1 Å². The molecule has 0 fully saturated rings. The van der Waals surface area contributed by atoms with Gasteiger partial charge in [0.25, 0.3) is 5.69 Å². The third-order valence-electron chi connectivity index (χ3n) is 1.82. The molecule has 0 saturated carbocycles. The average Bonchev–Trinajstić information content (AvgIpc) is 2.18. The van der Waals surface area contributed by atoms with Crippen LogP contribution >= 0.6 is 11.6 Å². The molecule has 0 spiro atoms. The molecule has 1 aromatic carbocycles. The molecule has 86 valence electrons. The van der Waals surface area contributed by atoms with Crippen LogP contribution in [0.25, 0.3) is 6.08 Å². The predicted molar refractivity (Wildman–Crippen MR) is 60.8 cm³/mol. The first-order valence-corrected chi connectivity index (χ1v) is 4.77. The number of hydrogen-bond acceptors (Lipinski definition) is 3. The van der Waals surface area contributed by atoms with Crippen LogP contribution in [-0.2, 0) is 0 Å². The van der Waals surface area contributed by atoms with Crippen molar-refractivity contribution in [1.82, 2.24) is 4.90 Å². The fourth-order valence-electron chi connectivity index (χ4n) is 1.07. The Bertz CT molecular complexity index is 447. The maximum atomic E-state index is 13.1. The summed E-state index contributed by atoms with van der Waals surface area (Å²) in [6, 6.07) is 2.05. The zero-order valence-electron chi connectivity index (χ0n) is 8.78. The van der Waals surface area contributed by atoms with Gasteiger partial charge < -0.3 is 4.90 Å². The van der Waals surface area contributed by atoms with Crippen LogP contribution in [0.3, 0.4) is 0 Å². The summed E-state index contributed by atoms with van der Waals surface area (Å²) in [4.78, 5) is 11.8. The molecule has 1 aromatic rings. The first-order chi connectivity index (χ1) is 7.41. The number of nitro benzene ring substituents is 1. The molecule has 0 aliphatic rings. The minimum Gasteiger partial charge on any atom is -0.383 e. The van der Waals surface area contributed by atoms with Crippen LogP contribution in [0.15, 0.2) is 18.3 Å². The van der Waals surface area contributed by atoms with E-state index in [1.165, 1.54) is 6.08 Å². The first kappa shape index (κ1) is 12.4. The zero-order valence-corrected chi connectivity index (χ0v) is 9.53. The van der Waals surface area contributed by atoms with Crippen LogP contribution in [0.1, 0.15) is 5.56 Å². The second-order valence-electron chi connectivity index (χ2n) is 3.36. The van der Waals surface area contributed by atoms with Crippen molar-refractivity contribution in [2.45, 2.75) is 0 Å². The van der Waals surface area contributed by atoms with Crippen molar-refractivity contribution in [3.63, 3.8) is 0 Å². The van der Waals surface area contributed by atoms with Crippen LogP contribution in [0.5, 0.6) is 0 Å². The standard InChI is InChI=1S/C10H10ClFN2O2/c1-13(2)4-3-7-5-9(12)8(11)6-10(7)14(15)16/h3-6H,1-2H3/b4-3+. The van der Waals surface area contributed by atoms with E-state index in [2.05, 4.69) is 0 Å². The van der Waals surface area contributed by atoms with Crippen LogP contribution in [0.4, 0.5) is 10.1 Å². The number of rotatable bonds is 3. The van der Waals surface area contributed by atoms with E-state index >= 15 is 0 Å². The Balaban J connectivity index is 3.25. The number of halogens is 2. The maximum absolute atomic E-state index is 13.1. The largest absolute Gasteiger partial charge is 0.383 e. The van der Waals surface area contributed by atoms with E-state index in [9.17, 15) is 14.5 Å². The number of nitrogens with zero attached hydrogens (tertiary/aromatic N) is 2. The molecule has 4 nitrogen and oxygen atoms in total. The maximum Gasteiger partial charge on any atom is 0.278 e. The molecule has 0 aliphatic carbocycles. The molecule has 0 N–H and O–H groups in total. The fraction of sp³-hybridized carbons (Fsp3) is 0.200. The SMILES string of the molecule is CN(C)/C=C/c1cc(F)c(Cl)cc1[N+](=O)[O-]. The first-order valence-electron chi connectivity index (χ1n) is 4.40. The molecule has 0 bridgehead atoms. The van der Waals surface area contributed by atoms with Gasteiger partial charge in [-0.3, -0.25) is 10.1 Å². The summed E-state index contributed by atoms with van der Waals surface area (Å²) in [5.74, 6) is -0.675. The van der Waals surface area contributed by atoms with Gasteiger partial charge >= 0.3 is 0 Å². The summed E-state index contributed by atoms with van der Waals surface area (Å²) in [7, 11) is 3.52. The molecule has 0 aliphatic heterocycles. The average molecular weight is 245 g/mol. The molecule has 16 heavy (non-hydrogen) atoms. The van der Waals surface area contributed by atoms with Crippen molar-refractivity contribution >= 4 is 23.4 Å². The van der Waals surface area contributed by atoms with Crippen LogP contribution in [0.2, 0.25) is 5.02 Å². The Morgan fingerprint density at radius 3 is 2.62 bits per heavy atom. The van der Waals surface area contributed by atoms with Crippen LogP contribution in [0, 0.1) is 15.9 Å². The topological polar surface area (TPSA) is 46.4 Å². The van der Waals surface area contributed by atoms with E-state index < -0.39 is 10.7 Å². The van der Waals surface area contributed by atoms with Crippen molar-refractivity contribution in [2.24, 2.45) is 0 Å². The van der Waals surface area contributed by atoms with Crippen molar-refractivity contribution in [1.29, 1.82) is 0 Å². The Hall–Kier alpha value is -1.62. The summed E-state index contributed by atoms with van der Waals surface area (Å²) in [6.07, 6.45) is 3.05. The molecular formula is C10H10ClFN2O2. The van der Waals surface area contributed by atoms with Crippen molar-refractivity contribution in [3.05, 3.63) is 44.9 Å². The molecule has 0 unspecified atom stereocenters. The van der Waals surface area contributed by atoms with Gasteiger partial charge in [-0.2, -0.15) is 0 Å². The van der Waals surface area contributed by atoms with Gasteiger partial charge in [-0.25, -0.2) is 4.39 Å². The summed E-state index contributed by atoms with van der Waals surface area (Å²) in [5.41, 5.74) is -0.0369. The summed E-state index contributed by atoms with van der Waals surface area (Å²) >= 11 is 5.48. The van der Waals surface area contributed by atoms with Gasteiger partial charge in [0.1, 0.15) is 5.82 Å². The quantitative estimate of drug-likeness (QED) is 0.607. The Morgan fingerprint density at radius 2 is 2.12 bits per heavy atom. The minimum absolute atomic E-state index is 0.181. The second-order valence-corrected chi connectivity index (χ2v) is 3.77. The number of nitro groups is 1. The summed E-state index contributed by atoms with van der Waals surface area (Å²) in [6.45, 7) is 0. The molecular weight excluding hydrogens is 235 g/mol. The third kappa shape index (κ3) is 2.93. The Labute approximate surface area is 97.1 Å².